The molecule has 2 heterocycles. The number of carbonyl (C=O) groups is 2. The van der Waals surface area contributed by atoms with Crippen LogP contribution in [0.5, 0.6) is 0 Å². The largest absolute Gasteiger partial charge is 0.322 e. The van der Waals surface area contributed by atoms with E-state index in [9.17, 15) is 14.4 Å². The van der Waals surface area contributed by atoms with E-state index in [2.05, 4.69) is 15.3 Å². The predicted molar refractivity (Wildman–Crippen MR) is 116 cm³/mol. The van der Waals surface area contributed by atoms with Crippen molar-refractivity contribution in [1.29, 1.82) is 0 Å². The van der Waals surface area contributed by atoms with Crippen LogP contribution in [0, 0.1) is 0 Å². The Morgan fingerprint density at radius 1 is 1.13 bits per heavy atom. The average molecular weight is 402 g/mol. The summed E-state index contributed by atoms with van der Waals surface area (Å²) in [6.07, 6.45) is 2.09. The number of aryl methyl sites for hydroxylation is 1. The van der Waals surface area contributed by atoms with Crippen molar-refractivity contribution in [1.82, 2.24) is 9.97 Å². The van der Waals surface area contributed by atoms with E-state index in [4.69, 9.17) is 0 Å². The fourth-order valence-electron chi connectivity index (χ4n) is 3.49. The van der Waals surface area contributed by atoms with Crippen molar-refractivity contribution in [2.45, 2.75) is 26.2 Å². The van der Waals surface area contributed by atoms with E-state index in [1.807, 2.05) is 13.0 Å². The summed E-state index contributed by atoms with van der Waals surface area (Å²) in [4.78, 5) is 45.3. The van der Waals surface area contributed by atoms with Gasteiger partial charge in [0.15, 0.2) is 0 Å². The lowest BCUT2D eigenvalue weighted by Gasteiger charge is -2.16. The van der Waals surface area contributed by atoms with Gasteiger partial charge in [0.25, 0.3) is 11.5 Å². The van der Waals surface area contributed by atoms with Gasteiger partial charge in [-0.3, -0.25) is 14.4 Å². The molecule has 0 atom stereocenters. The number of H-pyrrole nitrogens is 1. The summed E-state index contributed by atoms with van der Waals surface area (Å²) in [5.41, 5.74) is 3.11. The highest BCUT2D eigenvalue weighted by atomic mass is 16.2. The standard InChI is InChI=1S/C23H22N4O3/c1-2-17-14-20(28)26-22(24-17)16-5-3-6-18(13-16)25-23(30)15-8-10-19(11-9-15)27-12-4-7-21(27)29/h3,5-6,8-11,13-14H,2,4,7,12H2,1H3,(H,25,30)(H,24,26,28). The Morgan fingerprint density at radius 2 is 1.93 bits per heavy atom. The van der Waals surface area contributed by atoms with E-state index < -0.39 is 0 Å². The Balaban J connectivity index is 1.51. The van der Waals surface area contributed by atoms with Crippen LogP contribution in [0.4, 0.5) is 11.4 Å². The van der Waals surface area contributed by atoms with Crippen LogP contribution in [0.3, 0.4) is 0 Å². The zero-order chi connectivity index (χ0) is 21.1. The second kappa shape index (κ2) is 8.32. The molecule has 3 aromatic rings. The summed E-state index contributed by atoms with van der Waals surface area (Å²) in [6.45, 7) is 2.65. The molecular weight excluding hydrogens is 380 g/mol. The van der Waals surface area contributed by atoms with E-state index in [1.54, 1.807) is 47.4 Å². The summed E-state index contributed by atoms with van der Waals surface area (Å²) in [6, 6.07) is 15.7. The summed E-state index contributed by atoms with van der Waals surface area (Å²) < 4.78 is 0. The van der Waals surface area contributed by atoms with Crippen LogP contribution in [0.15, 0.2) is 59.4 Å². The summed E-state index contributed by atoms with van der Waals surface area (Å²) >= 11 is 0. The number of amides is 2. The first-order chi connectivity index (χ1) is 14.5. The Morgan fingerprint density at radius 3 is 2.63 bits per heavy atom. The van der Waals surface area contributed by atoms with Gasteiger partial charge in [0.1, 0.15) is 5.82 Å². The third-order valence-electron chi connectivity index (χ3n) is 5.07. The number of benzene rings is 2. The number of nitrogens with zero attached hydrogens (tertiary/aromatic N) is 2. The van der Waals surface area contributed by atoms with E-state index in [-0.39, 0.29) is 17.4 Å². The Bertz CT molecular complexity index is 1150. The molecule has 30 heavy (non-hydrogen) atoms. The second-order valence-electron chi connectivity index (χ2n) is 7.17. The maximum atomic E-state index is 12.6. The molecule has 0 saturated carbocycles. The molecule has 2 aromatic carbocycles. The van der Waals surface area contributed by atoms with Gasteiger partial charge in [0, 0.05) is 47.2 Å². The molecule has 2 amide bonds. The van der Waals surface area contributed by atoms with E-state index in [0.717, 1.165) is 12.1 Å². The molecule has 7 nitrogen and oxygen atoms in total. The topological polar surface area (TPSA) is 95.2 Å². The van der Waals surface area contributed by atoms with Crippen LogP contribution >= 0.6 is 0 Å². The Kier molecular flexibility index (Phi) is 5.43. The van der Waals surface area contributed by atoms with E-state index >= 15 is 0 Å². The smallest absolute Gasteiger partial charge is 0.255 e. The van der Waals surface area contributed by atoms with Crippen molar-refractivity contribution in [2.24, 2.45) is 0 Å². The molecular formula is C23H22N4O3. The highest BCUT2D eigenvalue weighted by molar-refractivity contribution is 6.05. The number of rotatable bonds is 5. The van der Waals surface area contributed by atoms with E-state index in [0.29, 0.717) is 47.7 Å². The van der Waals surface area contributed by atoms with Crippen LogP contribution in [0.25, 0.3) is 11.4 Å². The molecule has 0 aliphatic carbocycles. The van der Waals surface area contributed by atoms with Gasteiger partial charge in [0.2, 0.25) is 5.91 Å². The SMILES string of the molecule is CCc1cc(=O)[nH]c(-c2cccc(NC(=O)c3ccc(N4CCCC4=O)cc3)c2)n1. The number of nitrogens with one attached hydrogen (secondary N) is 2. The van der Waals surface area contributed by atoms with Crippen LogP contribution < -0.4 is 15.8 Å². The number of carbonyl (C=O) groups excluding carboxylic acids is 2. The lowest BCUT2D eigenvalue weighted by molar-refractivity contribution is -0.117. The van der Waals surface area contributed by atoms with Crippen LogP contribution in [-0.2, 0) is 11.2 Å². The molecule has 1 aromatic heterocycles. The number of aromatic amines is 1. The van der Waals surface area contributed by atoms with Crippen molar-refractivity contribution >= 4 is 23.2 Å². The zero-order valence-corrected chi connectivity index (χ0v) is 16.6. The molecule has 2 N–H and O–H groups in total. The molecule has 4 rings (SSSR count). The monoisotopic (exact) mass is 402 g/mol. The third-order valence-corrected chi connectivity index (χ3v) is 5.07. The van der Waals surface area contributed by atoms with Gasteiger partial charge in [0.05, 0.1) is 0 Å². The summed E-state index contributed by atoms with van der Waals surface area (Å²) in [5.74, 6) is 0.327. The molecule has 152 valence electrons. The highest BCUT2D eigenvalue weighted by Gasteiger charge is 2.21. The van der Waals surface area contributed by atoms with Gasteiger partial charge in [-0.25, -0.2) is 4.98 Å². The fourth-order valence-corrected chi connectivity index (χ4v) is 3.49. The Labute approximate surface area is 173 Å². The van der Waals surface area contributed by atoms with Crippen LogP contribution in [0.2, 0.25) is 0 Å². The molecule has 0 spiro atoms. The molecule has 1 saturated heterocycles. The van der Waals surface area contributed by atoms with Gasteiger partial charge in [-0.05, 0) is 49.2 Å². The second-order valence-corrected chi connectivity index (χ2v) is 7.17. The average Bonchev–Trinajstić information content (AvgIpc) is 3.19. The fraction of sp³-hybridized carbons (Fsp3) is 0.217. The first kappa shape index (κ1) is 19.6. The molecule has 1 aliphatic rings. The maximum absolute atomic E-state index is 12.6. The summed E-state index contributed by atoms with van der Waals surface area (Å²) in [7, 11) is 0. The van der Waals surface area contributed by atoms with Crippen molar-refractivity contribution in [3.05, 3.63) is 76.2 Å². The number of anilines is 2. The van der Waals surface area contributed by atoms with Crippen molar-refractivity contribution in [3.8, 4) is 11.4 Å². The minimum Gasteiger partial charge on any atom is -0.322 e. The number of hydrogen-bond acceptors (Lipinski definition) is 4. The molecule has 1 fully saturated rings. The zero-order valence-electron chi connectivity index (χ0n) is 16.6. The molecule has 1 aliphatic heterocycles. The molecule has 0 unspecified atom stereocenters. The van der Waals surface area contributed by atoms with Gasteiger partial charge < -0.3 is 15.2 Å². The normalized spacial score (nSPS) is 13.5. The van der Waals surface area contributed by atoms with Gasteiger partial charge in [-0.1, -0.05) is 19.1 Å². The Hall–Kier alpha value is -3.74. The quantitative estimate of drug-likeness (QED) is 0.684. The predicted octanol–water partition coefficient (Wildman–Crippen LogP) is 3.38. The number of aromatic nitrogens is 2. The molecule has 7 heteroatoms. The van der Waals surface area contributed by atoms with Crippen LogP contribution in [0.1, 0.15) is 35.8 Å². The molecule has 0 bridgehead atoms. The minimum absolute atomic E-state index is 0.114. The molecule has 0 radical (unpaired) electrons. The highest BCUT2D eigenvalue weighted by Crippen LogP contribution is 2.23. The number of hydrogen-bond donors (Lipinski definition) is 2. The first-order valence-electron chi connectivity index (χ1n) is 9.96. The van der Waals surface area contributed by atoms with Crippen molar-refractivity contribution in [2.75, 3.05) is 16.8 Å². The van der Waals surface area contributed by atoms with Gasteiger partial charge >= 0.3 is 0 Å². The summed E-state index contributed by atoms with van der Waals surface area (Å²) in [5, 5.41) is 2.87. The minimum atomic E-state index is -0.254. The lowest BCUT2D eigenvalue weighted by atomic mass is 10.1. The van der Waals surface area contributed by atoms with Crippen molar-refractivity contribution < 1.29 is 9.59 Å². The van der Waals surface area contributed by atoms with Gasteiger partial charge in [-0.15, -0.1) is 0 Å². The first-order valence-corrected chi connectivity index (χ1v) is 9.96. The van der Waals surface area contributed by atoms with Crippen molar-refractivity contribution in [3.63, 3.8) is 0 Å². The third kappa shape index (κ3) is 4.15. The maximum Gasteiger partial charge on any atom is 0.255 e. The van der Waals surface area contributed by atoms with Crippen LogP contribution in [-0.4, -0.2) is 28.3 Å². The van der Waals surface area contributed by atoms with Gasteiger partial charge in [-0.2, -0.15) is 0 Å². The lowest BCUT2D eigenvalue weighted by Crippen LogP contribution is -2.23. The van der Waals surface area contributed by atoms with E-state index in [1.165, 1.54) is 6.07 Å².